The molecule has 1 unspecified atom stereocenters. The molecule has 2 N–H and O–H groups in total. The quantitative estimate of drug-likeness (QED) is 0.863. The van der Waals surface area contributed by atoms with Crippen molar-refractivity contribution in [2.75, 3.05) is 11.9 Å². The van der Waals surface area contributed by atoms with Crippen LogP contribution in [0.5, 0.6) is 5.75 Å². The fourth-order valence-corrected chi connectivity index (χ4v) is 3.05. The molecule has 1 aromatic heterocycles. The molecular formula is C17H19ClN2O3. The number of ether oxygens (including phenoxy) is 1. The molecule has 0 saturated carbocycles. The summed E-state index contributed by atoms with van der Waals surface area (Å²) in [5.74, 6) is 1.57. The summed E-state index contributed by atoms with van der Waals surface area (Å²) in [4.78, 5) is 12.2. The zero-order chi connectivity index (χ0) is 16.2. The van der Waals surface area contributed by atoms with E-state index in [-0.39, 0.29) is 12.1 Å². The van der Waals surface area contributed by atoms with Crippen LogP contribution in [0.4, 0.5) is 10.5 Å². The predicted molar refractivity (Wildman–Crippen MR) is 89.2 cm³/mol. The highest BCUT2D eigenvalue weighted by Crippen LogP contribution is 2.31. The zero-order valence-electron chi connectivity index (χ0n) is 12.9. The molecule has 5 nitrogen and oxygen atoms in total. The van der Waals surface area contributed by atoms with E-state index < -0.39 is 0 Å². The fourth-order valence-electron chi connectivity index (χ4n) is 2.81. The number of aryl methyl sites for hydroxylation is 1. The Labute approximate surface area is 140 Å². The molecule has 122 valence electrons. The topological polar surface area (TPSA) is 63.5 Å². The molecule has 1 aliphatic carbocycles. The Hall–Kier alpha value is -2.14. The van der Waals surface area contributed by atoms with Gasteiger partial charge in [0.05, 0.1) is 23.9 Å². The van der Waals surface area contributed by atoms with Crippen molar-refractivity contribution in [2.45, 2.75) is 32.2 Å². The molecule has 1 aromatic carbocycles. The second kappa shape index (κ2) is 6.96. The van der Waals surface area contributed by atoms with Crippen molar-refractivity contribution in [1.29, 1.82) is 0 Å². The van der Waals surface area contributed by atoms with Crippen molar-refractivity contribution in [3.63, 3.8) is 0 Å². The number of urea groups is 1. The predicted octanol–water partition coefficient (Wildman–Crippen LogP) is 4.53. The Morgan fingerprint density at radius 1 is 1.43 bits per heavy atom. The maximum atomic E-state index is 12.2. The van der Waals surface area contributed by atoms with Gasteiger partial charge < -0.3 is 19.8 Å². The van der Waals surface area contributed by atoms with Crippen LogP contribution in [0.2, 0.25) is 5.02 Å². The van der Waals surface area contributed by atoms with Crippen LogP contribution in [0.25, 0.3) is 0 Å². The van der Waals surface area contributed by atoms with Crippen molar-refractivity contribution in [2.24, 2.45) is 0 Å². The van der Waals surface area contributed by atoms with E-state index >= 15 is 0 Å². The number of benzene rings is 1. The number of nitrogens with one attached hydrogen (secondary N) is 2. The molecular weight excluding hydrogens is 316 g/mol. The van der Waals surface area contributed by atoms with E-state index in [2.05, 4.69) is 10.6 Å². The Morgan fingerprint density at radius 3 is 3.09 bits per heavy atom. The van der Waals surface area contributed by atoms with Crippen LogP contribution in [0, 0.1) is 0 Å². The lowest BCUT2D eigenvalue weighted by Crippen LogP contribution is -2.34. The van der Waals surface area contributed by atoms with E-state index in [1.54, 1.807) is 24.5 Å². The van der Waals surface area contributed by atoms with Crippen LogP contribution in [0.15, 0.2) is 34.9 Å². The Kier molecular flexibility index (Phi) is 4.76. The minimum atomic E-state index is -0.260. The maximum absolute atomic E-state index is 12.2. The first-order valence-corrected chi connectivity index (χ1v) is 8.11. The number of carbonyl (C=O) groups is 1. The lowest BCUT2D eigenvalue weighted by Gasteiger charge is -2.23. The summed E-state index contributed by atoms with van der Waals surface area (Å²) < 4.78 is 10.8. The number of halogens is 1. The number of carbonyl (C=O) groups excluding carboxylic acids is 1. The number of hydrogen-bond acceptors (Lipinski definition) is 3. The van der Waals surface area contributed by atoms with E-state index in [1.165, 1.54) is 0 Å². The number of hydrogen-bond donors (Lipinski definition) is 2. The molecule has 1 atom stereocenters. The first-order chi connectivity index (χ1) is 11.2. The summed E-state index contributed by atoms with van der Waals surface area (Å²) in [5, 5.41) is 6.26. The second-order valence-corrected chi connectivity index (χ2v) is 5.83. The largest absolute Gasteiger partial charge is 0.492 e. The highest BCUT2D eigenvalue weighted by Gasteiger charge is 2.24. The standard InChI is InChI=1S/C17H19ClN2O3/c1-2-22-16-7-6-11(10-13(16)18)19-17(21)20-14-4-3-5-15-12(14)8-9-23-15/h6-10,14H,2-5H2,1H3,(H2,19,20,21). The van der Waals surface area contributed by atoms with Gasteiger partial charge in [-0.2, -0.15) is 0 Å². The van der Waals surface area contributed by atoms with Gasteiger partial charge in [0.25, 0.3) is 0 Å². The molecule has 0 radical (unpaired) electrons. The second-order valence-electron chi connectivity index (χ2n) is 5.42. The number of amides is 2. The van der Waals surface area contributed by atoms with Gasteiger partial charge in [-0.05, 0) is 44.0 Å². The molecule has 1 aliphatic rings. The molecule has 3 rings (SSSR count). The van der Waals surface area contributed by atoms with Crippen LogP contribution >= 0.6 is 11.6 Å². The number of furan rings is 1. The van der Waals surface area contributed by atoms with Crippen LogP contribution in [0.3, 0.4) is 0 Å². The molecule has 0 saturated heterocycles. The lowest BCUT2D eigenvalue weighted by molar-refractivity contribution is 0.246. The average Bonchev–Trinajstić information content (AvgIpc) is 3.00. The van der Waals surface area contributed by atoms with E-state index in [1.807, 2.05) is 13.0 Å². The van der Waals surface area contributed by atoms with Crippen LogP contribution in [-0.4, -0.2) is 12.6 Å². The van der Waals surface area contributed by atoms with Crippen molar-refractivity contribution in [3.8, 4) is 5.75 Å². The Balaban J connectivity index is 1.63. The number of rotatable bonds is 4. The molecule has 6 heteroatoms. The highest BCUT2D eigenvalue weighted by atomic mass is 35.5. The van der Waals surface area contributed by atoms with Gasteiger partial charge in [-0.15, -0.1) is 0 Å². The third kappa shape index (κ3) is 3.62. The summed E-state index contributed by atoms with van der Waals surface area (Å²) in [7, 11) is 0. The molecule has 0 aliphatic heterocycles. The summed E-state index contributed by atoms with van der Waals surface area (Å²) >= 11 is 6.13. The summed E-state index contributed by atoms with van der Waals surface area (Å²) in [6.07, 6.45) is 4.51. The van der Waals surface area contributed by atoms with Crippen molar-refractivity contribution < 1.29 is 13.9 Å². The molecule has 0 bridgehead atoms. The fraction of sp³-hybridized carbons (Fsp3) is 0.353. The van der Waals surface area contributed by atoms with E-state index in [0.717, 1.165) is 30.6 Å². The highest BCUT2D eigenvalue weighted by molar-refractivity contribution is 6.32. The van der Waals surface area contributed by atoms with E-state index in [9.17, 15) is 4.79 Å². The SMILES string of the molecule is CCOc1ccc(NC(=O)NC2CCCc3occc32)cc1Cl. The van der Waals surface area contributed by atoms with Gasteiger partial charge in [0.15, 0.2) is 0 Å². The minimum absolute atomic E-state index is 0.0179. The van der Waals surface area contributed by atoms with Gasteiger partial charge >= 0.3 is 6.03 Å². The zero-order valence-corrected chi connectivity index (χ0v) is 13.7. The normalized spacial score (nSPS) is 16.5. The van der Waals surface area contributed by atoms with E-state index in [4.69, 9.17) is 20.8 Å². The molecule has 23 heavy (non-hydrogen) atoms. The van der Waals surface area contributed by atoms with Crippen LogP contribution in [0.1, 0.15) is 37.1 Å². The van der Waals surface area contributed by atoms with Gasteiger partial charge in [0, 0.05) is 17.7 Å². The molecule has 2 amide bonds. The van der Waals surface area contributed by atoms with Crippen molar-refractivity contribution in [3.05, 3.63) is 46.9 Å². The molecule has 0 fully saturated rings. The molecule has 2 aromatic rings. The summed E-state index contributed by atoms with van der Waals surface area (Å²) in [6, 6.07) is 6.83. The van der Waals surface area contributed by atoms with Crippen molar-refractivity contribution in [1.82, 2.24) is 5.32 Å². The summed E-state index contributed by atoms with van der Waals surface area (Å²) in [6.45, 7) is 2.44. The summed E-state index contributed by atoms with van der Waals surface area (Å²) in [5.41, 5.74) is 1.69. The monoisotopic (exact) mass is 334 g/mol. The number of fused-ring (bicyclic) bond motifs is 1. The van der Waals surface area contributed by atoms with Crippen LogP contribution < -0.4 is 15.4 Å². The minimum Gasteiger partial charge on any atom is -0.492 e. The van der Waals surface area contributed by atoms with Gasteiger partial charge in [-0.3, -0.25) is 0 Å². The van der Waals surface area contributed by atoms with E-state index in [0.29, 0.717) is 23.1 Å². The third-order valence-corrected chi connectivity index (χ3v) is 4.14. The maximum Gasteiger partial charge on any atom is 0.319 e. The number of anilines is 1. The molecule has 0 spiro atoms. The smallest absolute Gasteiger partial charge is 0.319 e. The van der Waals surface area contributed by atoms with Gasteiger partial charge in [-0.25, -0.2) is 4.79 Å². The first kappa shape index (κ1) is 15.7. The van der Waals surface area contributed by atoms with Gasteiger partial charge in [-0.1, -0.05) is 11.6 Å². The average molecular weight is 335 g/mol. The lowest BCUT2D eigenvalue weighted by atomic mass is 9.93. The van der Waals surface area contributed by atoms with Crippen molar-refractivity contribution >= 4 is 23.3 Å². The Bertz CT molecular complexity index is 699. The molecule has 1 heterocycles. The first-order valence-electron chi connectivity index (χ1n) is 7.73. The Morgan fingerprint density at radius 2 is 2.30 bits per heavy atom. The van der Waals surface area contributed by atoms with Gasteiger partial charge in [0.1, 0.15) is 11.5 Å². The third-order valence-electron chi connectivity index (χ3n) is 3.85. The van der Waals surface area contributed by atoms with Crippen LogP contribution in [-0.2, 0) is 6.42 Å². The van der Waals surface area contributed by atoms with Gasteiger partial charge in [0.2, 0.25) is 0 Å².